The SMILES string of the molecule is O=C(Cc1cccc2ccccc12)NOCCCO. The number of nitrogens with one attached hydrogen (secondary N) is 1. The third-order valence-corrected chi connectivity index (χ3v) is 2.82. The van der Waals surface area contributed by atoms with E-state index < -0.39 is 0 Å². The Kier molecular flexibility index (Phi) is 4.89. The number of aliphatic hydroxyl groups is 1. The number of hydrogen-bond acceptors (Lipinski definition) is 3. The van der Waals surface area contributed by atoms with E-state index in [1.807, 2.05) is 42.5 Å². The molecule has 4 nitrogen and oxygen atoms in total. The Labute approximate surface area is 112 Å². The molecule has 100 valence electrons. The first-order valence-electron chi connectivity index (χ1n) is 6.29. The van der Waals surface area contributed by atoms with Crippen LogP contribution in [0, 0.1) is 0 Å². The van der Waals surface area contributed by atoms with Crippen LogP contribution in [-0.4, -0.2) is 24.2 Å². The van der Waals surface area contributed by atoms with Gasteiger partial charge in [-0.05, 0) is 22.8 Å². The molecule has 0 bridgehead atoms. The van der Waals surface area contributed by atoms with Gasteiger partial charge in [-0.25, -0.2) is 5.48 Å². The maximum absolute atomic E-state index is 11.7. The first kappa shape index (κ1) is 13.5. The topological polar surface area (TPSA) is 58.6 Å². The molecule has 0 aromatic heterocycles. The number of hydrogen-bond donors (Lipinski definition) is 2. The minimum absolute atomic E-state index is 0.0548. The lowest BCUT2D eigenvalue weighted by molar-refractivity contribution is -0.133. The molecule has 2 N–H and O–H groups in total. The average molecular weight is 259 g/mol. The fraction of sp³-hybridized carbons (Fsp3) is 0.267. The minimum atomic E-state index is -0.186. The second-order valence-corrected chi connectivity index (χ2v) is 4.27. The molecule has 2 aromatic rings. The number of hydroxylamine groups is 1. The molecule has 0 aliphatic rings. The molecule has 0 atom stereocenters. The van der Waals surface area contributed by atoms with Gasteiger partial charge in [0.1, 0.15) is 0 Å². The quantitative estimate of drug-likeness (QED) is 0.614. The van der Waals surface area contributed by atoms with Crippen molar-refractivity contribution in [2.45, 2.75) is 12.8 Å². The maximum Gasteiger partial charge on any atom is 0.247 e. The Morgan fingerprint density at radius 2 is 1.95 bits per heavy atom. The van der Waals surface area contributed by atoms with Crippen molar-refractivity contribution in [1.82, 2.24) is 5.48 Å². The first-order valence-corrected chi connectivity index (χ1v) is 6.29. The number of carbonyl (C=O) groups is 1. The summed E-state index contributed by atoms with van der Waals surface area (Å²) in [6.07, 6.45) is 0.787. The Morgan fingerprint density at radius 3 is 2.79 bits per heavy atom. The first-order chi connectivity index (χ1) is 9.31. The maximum atomic E-state index is 11.7. The highest BCUT2D eigenvalue weighted by Gasteiger charge is 2.06. The van der Waals surface area contributed by atoms with Crippen molar-refractivity contribution < 1.29 is 14.7 Å². The van der Waals surface area contributed by atoms with E-state index in [0.29, 0.717) is 13.0 Å². The highest BCUT2D eigenvalue weighted by molar-refractivity contribution is 5.89. The Bertz CT molecular complexity index is 549. The lowest BCUT2D eigenvalue weighted by Crippen LogP contribution is -2.26. The summed E-state index contributed by atoms with van der Waals surface area (Å²) in [4.78, 5) is 16.7. The van der Waals surface area contributed by atoms with Gasteiger partial charge < -0.3 is 5.11 Å². The molecule has 19 heavy (non-hydrogen) atoms. The van der Waals surface area contributed by atoms with Gasteiger partial charge in [0.05, 0.1) is 13.0 Å². The fourth-order valence-electron chi connectivity index (χ4n) is 1.92. The summed E-state index contributed by atoms with van der Waals surface area (Å²) in [7, 11) is 0. The number of amides is 1. The number of aliphatic hydroxyl groups excluding tert-OH is 1. The van der Waals surface area contributed by atoms with E-state index in [4.69, 9.17) is 9.94 Å². The molecule has 0 saturated heterocycles. The van der Waals surface area contributed by atoms with Crippen molar-refractivity contribution in [1.29, 1.82) is 0 Å². The van der Waals surface area contributed by atoms with E-state index in [1.54, 1.807) is 0 Å². The smallest absolute Gasteiger partial charge is 0.247 e. The second-order valence-electron chi connectivity index (χ2n) is 4.27. The van der Waals surface area contributed by atoms with Crippen molar-refractivity contribution >= 4 is 16.7 Å². The molecule has 2 aromatic carbocycles. The molecule has 0 radical (unpaired) electrons. The molecule has 4 heteroatoms. The van der Waals surface area contributed by atoms with Crippen LogP contribution in [0.15, 0.2) is 42.5 Å². The van der Waals surface area contributed by atoms with Crippen LogP contribution in [0.4, 0.5) is 0 Å². The predicted molar refractivity (Wildman–Crippen MR) is 73.4 cm³/mol. The van der Waals surface area contributed by atoms with Gasteiger partial charge in [-0.15, -0.1) is 0 Å². The molecular formula is C15H17NO3. The number of benzene rings is 2. The second kappa shape index (κ2) is 6.87. The zero-order valence-electron chi connectivity index (χ0n) is 10.6. The van der Waals surface area contributed by atoms with E-state index in [9.17, 15) is 4.79 Å². The Hall–Kier alpha value is -1.91. The number of carbonyl (C=O) groups excluding carboxylic acids is 1. The van der Waals surface area contributed by atoms with Crippen LogP contribution in [0.3, 0.4) is 0 Å². The van der Waals surface area contributed by atoms with Crippen molar-refractivity contribution in [2.24, 2.45) is 0 Å². The van der Waals surface area contributed by atoms with Gasteiger partial charge in [0.25, 0.3) is 0 Å². The van der Waals surface area contributed by atoms with Crippen molar-refractivity contribution in [3.63, 3.8) is 0 Å². The van der Waals surface area contributed by atoms with Gasteiger partial charge in [0.15, 0.2) is 0 Å². The van der Waals surface area contributed by atoms with Crippen LogP contribution in [-0.2, 0) is 16.1 Å². The van der Waals surface area contributed by atoms with E-state index in [-0.39, 0.29) is 18.9 Å². The molecular weight excluding hydrogens is 242 g/mol. The van der Waals surface area contributed by atoms with Crippen LogP contribution < -0.4 is 5.48 Å². The van der Waals surface area contributed by atoms with Crippen LogP contribution in [0.2, 0.25) is 0 Å². The van der Waals surface area contributed by atoms with Gasteiger partial charge in [-0.3, -0.25) is 9.63 Å². The predicted octanol–water partition coefficient (Wildman–Crippen LogP) is 1.81. The third-order valence-electron chi connectivity index (χ3n) is 2.82. The monoisotopic (exact) mass is 259 g/mol. The van der Waals surface area contributed by atoms with E-state index in [2.05, 4.69) is 5.48 Å². The summed E-state index contributed by atoms with van der Waals surface area (Å²) in [6, 6.07) is 13.9. The zero-order valence-corrected chi connectivity index (χ0v) is 10.6. The van der Waals surface area contributed by atoms with Crippen molar-refractivity contribution in [3.8, 4) is 0 Å². The molecule has 2 rings (SSSR count). The van der Waals surface area contributed by atoms with E-state index >= 15 is 0 Å². The van der Waals surface area contributed by atoms with Crippen LogP contribution in [0.25, 0.3) is 10.8 Å². The third kappa shape index (κ3) is 3.77. The summed E-state index contributed by atoms with van der Waals surface area (Å²) in [5.74, 6) is -0.186. The van der Waals surface area contributed by atoms with Crippen LogP contribution in [0.5, 0.6) is 0 Å². The van der Waals surface area contributed by atoms with Gasteiger partial charge in [0.2, 0.25) is 5.91 Å². The summed E-state index contributed by atoms with van der Waals surface area (Å²) in [5, 5.41) is 10.8. The molecule has 0 unspecified atom stereocenters. The van der Waals surface area contributed by atoms with Crippen molar-refractivity contribution in [3.05, 3.63) is 48.0 Å². The molecule has 0 fully saturated rings. The lowest BCUT2D eigenvalue weighted by atomic mass is 10.0. The fourth-order valence-corrected chi connectivity index (χ4v) is 1.92. The van der Waals surface area contributed by atoms with E-state index in [0.717, 1.165) is 16.3 Å². The molecule has 0 heterocycles. The largest absolute Gasteiger partial charge is 0.396 e. The summed E-state index contributed by atoms with van der Waals surface area (Å²) < 4.78 is 0. The number of fused-ring (bicyclic) bond motifs is 1. The van der Waals surface area contributed by atoms with Gasteiger partial charge >= 0.3 is 0 Å². The van der Waals surface area contributed by atoms with Crippen LogP contribution in [0.1, 0.15) is 12.0 Å². The molecule has 0 saturated carbocycles. The van der Waals surface area contributed by atoms with Crippen LogP contribution >= 0.6 is 0 Å². The normalized spacial score (nSPS) is 10.6. The average Bonchev–Trinajstić information content (AvgIpc) is 2.44. The Balaban J connectivity index is 1.99. The summed E-state index contributed by atoms with van der Waals surface area (Å²) in [6.45, 7) is 0.372. The van der Waals surface area contributed by atoms with Gasteiger partial charge in [0, 0.05) is 6.61 Å². The van der Waals surface area contributed by atoms with Crippen molar-refractivity contribution in [2.75, 3.05) is 13.2 Å². The summed E-state index contributed by atoms with van der Waals surface area (Å²) >= 11 is 0. The minimum Gasteiger partial charge on any atom is -0.396 e. The number of rotatable bonds is 6. The molecule has 0 aliphatic carbocycles. The highest BCUT2D eigenvalue weighted by Crippen LogP contribution is 2.18. The molecule has 0 spiro atoms. The van der Waals surface area contributed by atoms with E-state index in [1.165, 1.54) is 0 Å². The highest BCUT2D eigenvalue weighted by atomic mass is 16.6. The lowest BCUT2D eigenvalue weighted by Gasteiger charge is -2.07. The Morgan fingerprint density at radius 1 is 1.16 bits per heavy atom. The molecule has 1 amide bonds. The van der Waals surface area contributed by atoms with Gasteiger partial charge in [-0.1, -0.05) is 42.5 Å². The molecule has 0 aliphatic heterocycles. The van der Waals surface area contributed by atoms with Gasteiger partial charge in [-0.2, -0.15) is 0 Å². The zero-order chi connectivity index (χ0) is 13.5. The standard InChI is InChI=1S/C15H17NO3/c17-9-4-10-19-16-15(18)11-13-7-3-6-12-5-1-2-8-14(12)13/h1-3,5-8,17H,4,9-11H2,(H,16,18). The summed E-state index contributed by atoms with van der Waals surface area (Å²) in [5.41, 5.74) is 3.35.